The smallest absolute Gasteiger partial charge is 0.305 e. The van der Waals surface area contributed by atoms with Crippen LogP contribution in [0.25, 0.3) is 0 Å². The number of methoxy groups -OCH3 is 1. The Balaban J connectivity index is 2.62. The molecule has 0 saturated carbocycles. The summed E-state index contributed by atoms with van der Waals surface area (Å²) in [5.74, 6) is -0.935. The normalized spacial score (nSPS) is 13.5. The fourth-order valence-corrected chi connectivity index (χ4v) is 3.07. The molecule has 0 aliphatic heterocycles. The zero-order chi connectivity index (χ0) is 16.8. The summed E-state index contributed by atoms with van der Waals surface area (Å²) in [7, 11) is 1.48. The predicted molar refractivity (Wildman–Crippen MR) is 87.3 cm³/mol. The van der Waals surface area contributed by atoms with Gasteiger partial charge in [-0.25, -0.2) is 0 Å². The molecule has 22 heavy (non-hydrogen) atoms. The third-order valence-electron chi connectivity index (χ3n) is 3.13. The molecule has 0 bridgehead atoms. The number of aryl methyl sites for hydroxylation is 2. The van der Waals surface area contributed by atoms with Gasteiger partial charge in [0.25, 0.3) is 0 Å². The first kappa shape index (κ1) is 18.5. The first-order valence-electron chi connectivity index (χ1n) is 6.97. The van der Waals surface area contributed by atoms with Crippen LogP contribution in [-0.2, 0) is 14.3 Å². The molecule has 0 fully saturated rings. The highest BCUT2D eigenvalue weighted by Crippen LogP contribution is 2.23. The van der Waals surface area contributed by atoms with Crippen LogP contribution in [-0.4, -0.2) is 42.0 Å². The molecule has 0 heterocycles. The largest absolute Gasteiger partial charge is 0.481 e. The number of rotatable bonds is 8. The number of carboxylic acid groups (broad SMARTS) is 1. The van der Waals surface area contributed by atoms with Gasteiger partial charge >= 0.3 is 5.97 Å². The molecule has 6 heteroatoms. The number of carboxylic acids is 1. The summed E-state index contributed by atoms with van der Waals surface area (Å²) in [5.41, 5.74) is 1.41. The molecule has 1 aromatic carbocycles. The summed E-state index contributed by atoms with van der Waals surface area (Å²) in [5, 5.41) is 11.7. The highest BCUT2D eigenvalue weighted by Gasteiger charge is 2.29. The van der Waals surface area contributed by atoms with Gasteiger partial charge < -0.3 is 15.2 Å². The van der Waals surface area contributed by atoms with Gasteiger partial charge in [-0.15, -0.1) is 11.8 Å². The summed E-state index contributed by atoms with van der Waals surface area (Å²) >= 11 is 1.44. The molecular weight excluding hydrogens is 302 g/mol. The Hall–Kier alpha value is -1.53. The van der Waals surface area contributed by atoms with E-state index in [9.17, 15) is 9.59 Å². The van der Waals surface area contributed by atoms with Crippen molar-refractivity contribution in [1.29, 1.82) is 0 Å². The minimum absolute atomic E-state index is 0.152. The second-order valence-corrected chi connectivity index (χ2v) is 6.69. The second kappa shape index (κ2) is 8.19. The summed E-state index contributed by atoms with van der Waals surface area (Å²) < 4.78 is 5.02. The van der Waals surface area contributed by atoms with Crippen LogP contribution in [0.1, 0.15) is 24.5 Å². The maximum Gasteiger partial charge on any atom is 0.305 e. The van der Waals surface area contributed by atoms with Gasteiger partial charge in [0.2, 0.25) is 5.91 Å². The molecule has 1 rings (SSSR count). The van der Waals surface area contributed by atoms with Crippen molar-refractivity contribution in [2.75, 3.05) is 19.5 Å². The van der Waals surface area contributed by atoms with Crippen LogP contribution in [0.5, 0.6) is 0 Å². The third-order valence-corrected chi connectivity index (χ3v) is 4.31. The first-order chi connectivity index (χ1) is 10.3. The number of ether oxygens (including phenoxy) is 1. The van der Waals surface area contributed by atoms with Gasteiger partial charge in [-0.1, -0.05) is 17.7 Å². The van der Waals surface area contributed by atoms with Crippen molar-refractivity contribution in [2.24, 2.45) is 0 Å². The molecule has 0 aliphatic carbocycles. The van der Waals surface area contributed by atoms with Crippen molar-refractivity contribution in [3.63, 3.8) is 0 Å². The maximum absolute atomic E-state index is 12.1. The number of aliphatic carboxylic acids is 1. The second-order valence-electron chi connectivity index (χ2n) is 5.67. The summed E-state index contributed by atoms with van der Waals surface area (Å²) in [6.07, 6.45) is -0.180. The van der Waals surface area contributed by atoms with Crippen LogP contribution < -0.4 is 5.32 Å². The number of thioether (sulfide) groups is 1. The van der Waals surface area contributed by atoms with Gasteiger partial charge in [-0.05, 0) is 32.4 Å². The Morgan fingerprint density at radius 3 is 2.59 bits per heavy atom. The Morgan fingerprint density at radius 1 is 1.36 bits per heavy atom. The monoisotopic (exact) mass is 325 g/mol. The van der Waals surface area contributed by atoms with Gasteiger partial charge in [0, 0.05) is 12.0 Å². The van der Waals surface area contributed by atoms with Crippen molar-refractivity contribution in [2.45, 2.75) is 37.6 Å². The van der Waals surface area contributed by atoms with E-state index < -0.39 is 11.5 Å². The molecule has 0 aromatic heterocycles. The van der Waals surface area contributed by atoms with Crippen LogP contribution in [0, 0.1) is 13.8 Å². The zero-order valence-electron chi connectivity index (χ0n) is 13.4. The Kier molecular flexibility index (Phi) is 6.90. The standard InChI is InChI=1S/C16H23NO4S/c1-11-5-6-13(12(2)7-11)22-9-14(18)17-16(3,10-21-4)8-15(19)20/h5-7H,8-10H2,1-4H3,(H,17,18)(H,19,20). The number of hydrogen-bond donors (Lipinski definition) is 2. The fourth-order valence-electron chi connectivity index (χ4n) is 2.26. The average molecular weight is 325 g/mol. The van der Waals surface area contributed by atoms with Gasteiger partial charge in [0.1, 0.15) is 0 Å². The lowest BCUT2D eigenvalue weighted by molar-refractivity contribution is -0.139. The fraction of sp³-hybridized carbons (Fsp3) is 0.500. The van der Waals surface area contributed by atoms with Gasteiger partial charge in [-0.2, -0.15) is 0 Å². The number of hydrogen-bond acceptors (Lipinski definition) is 4. The van der Waals surface area contributed by atoms with Gasteiger partial charge in [-0.3, -0.25) is 9.59 Å². The summed E-state index contributed by atoms with van der Waals surface area (Å²) in [6, 6.07) is 6.07. The van der Waals surface area contributed by atoms with Gasteiger partial charge in [0.15, 0.2) is 0 Å². The van der Waals surface area contributed by atoms with E-state index in [1.807, 2.05) is 26.0 Å². The molecule has 1 amide bonds. The van der Waals surface area contributed by atoms with Crippen LogP contribution in [0.4, 0.5) is 0 Å². The van der Waals surface area contributed by atoms with Crippen molar-refractivity contribution >= 4 is 23.6 Å². The lowest BCUT2D eigenvalue weighted by Gasteiger charge is -2.28. The highest BCUT2D eigenvalue weighted by atomic mass is 32.2. The SMILES string of the molecule is COCC(C)(CC(=O)O)NC(=O)CSc1ccc(C)cc1C. The lowest BCUT2D eigenvalue weighted by atomic mass is 9.99. The number of nitrogens with one attached hydrogen (secondary N) is 1. The van der Waals surface area contributed by atoms with E-state index >= 15 is 0 Å². The third kappa shape index (κ3) is 6.07. The van der Waals surface area contributed by atoms with E-state index in [1.165, 1.54) is 24.4 Å². The minimum Gasteiger partial charge on any atom is -0.481 e. The molecule has 122 valence electrons. The molecule has 1 aromatic rings. The molecule has 5 nitrogen and oxygen atoms in total. The number of carbonyl (C=O) groups excluding carboxylic acids is 1. The van der Waals surface area contributed by atoms with Gasteiger partial charge in [0.05, 0.1) is 24.3 Å². The van der Waals surface area contributed by atoms with E-state index in [2.05, 4.69) is 11.4 Å². The molecule has 0 radical (unpaired) electrons. The van der Waals surface area contributed by atoms with E-state index in [4.69, 9.17) is 9.84 Å². The molecule has 0 saturated heterocycles. The van der Waals surface area contributed by atoms with Crippen LogP contribution in [0.2, 0.25) is 0 Å². The molecule has 0 aliphatic rings. The molecular formula is C16H23NO4S. The van der Waals surface area contributed by atoms with Crippen molar-refractivity contribution in [3.05, 3.63) is 29.3 Å². The van der Waals surface area contributed by atoms with Crippen LogP contribution in [0.15, 0.2) is 23.1 Å². The first-order valence-corrected chi connectivity index (χ1v) is 7.96. The van der Waals surface area contributed by atoms with Crippen LogP contribution >= 0.6 is 11.8 Å². The minimum atomic E-state index is -0.970. The van der Waals surface area contributed by atoms with Crippen LogP contribution in [0.3, 0.4) is 0 Å². The Bertz CT molecular complexity index is 547. The molecule has 2 N–H and O–H groups in total. The van der Waals surface area contributed by atoms with Crippen molar-refractivity contribution in [3.8, 4) is 0 Å². The zero-order valence-corrected chi connectivity index (χ0v) is 14.3. The molecule has 0 spiro atoms. The summed E-state index contributed by atoms with van der Waals surface area (Å²) in [6.45, 7) is 5.85. The molecule has 1 unspecified atom stereocenters. The topological polar surface area (TPSA) is 75.6 Å². The maximum atomic E-state index is 12.1. The summed E-state index contributed by atoms with van der Waals surface area (Å²) in [4.78, 5) is 24.0. The number of carbonyl (C=O) groups is 2. The molecule has 1 atom stereocenters. The number of benzene rings is 1. The predicted octanol–water partition coefficient (Wildman–Crippen LogP) is 2.39. The van der Waals surface area contributed by atoms with E-state index in [0.717, 1.165) is 10.5 Å². The Labute approximate surface area is 135 Å². The lowest BCUT2D eigenvalue weighted by Crippen LogP contribution is -2.51. The van der Waals surface area contributed by atoms with E-state index in [0.29, 0.717) is 0 Å². The average Bonchev–Trinajstić information content (AvgIpc) is 2.36. The highest BCUT2D eigenvalue weighted by molar-refractivity contribution is 8.00. The Morgan fingerprint density at radius 2 is 2.05 bits per heavy atom. The number of amides is 1. The quantitative estimate of drug-likeness (QED) is 0.718. The van der Waals surface area contributed by atoms with E-state index in [-0.39, 0.29) is 24.7 Å². The van der Waals surface area contributed by atoms with E-state index in [1.54, 1.807) is 6.92 Å². The van der Waals surface area contributed by atoms with Crippen molar-refractivity contribution < 1.29 is 19.4 Å². The van der Waals surface area contributed by atoms with Crippen molar-refractivity contribution in [1.82, 2.24) is 5.32 Å².